The summed E-state index contributed by atoms with van der Waals surface area (Å²) in [5.74, 6) is 0.842. The van der Waals surface area contributed by atoms with Crippen LogP contribution >= 0.6 is 0 Å². The van der Waals surface area contributed by atoms with Crippen molar-refractivity contribution in [2.45, 2.75) is 12.5 Å². The zero-order valence-electron chi connectivity index (χ0n) is 9.95. The first-order valence-corrected chi connectivity index (χ1v) is 5.78. The Bertz CT molecular complexity index is 489. The second-order valence-electron chi connectivity index (χ2n) is 4.01. The SMILES string of the molecule is Nc1nccc(NC(CO)Cc2ccccc2)n1. The van der Waals surface area contributed by atoms with Gasteiger partial charge in [0.05, 0.1) is 12.6 Å². The van der Waals surface area contributed by atoms with Crippen LogP contribution in [0.15, 0.2) is 42.6 Å². The topological polar surface area (TPSA) is 84.1 Å². The monoisotopic (exact) mass is 244 g/mol. The molecule has 5 heteroatoms. The van der Waals surface area contributed by atoms with Crippen molar-refractivity contribution in [3.05, 3.63) is 48.2 Å². The van der Waals surface area contributed by atoms with Crippen molar-refractivity contribution in [1.82, 2.24) is 9.97 Å². The van der Waals surface area contributed by atoms with Crippen LogP contribution in [0, 0.1) is 0 Å². The van der Waals surface area contributed by atoms with Gasteiger partial charge in [-0.15, -0.1) is 0 Å². The van der Waals surface area contributed by atoms with Crippen molar-refractivity contribution in [3.63, 3.8) is 0 Å². The molecule has 0 spiro atoms. The van der Waals surface area contributed by atoms with E-state index in [0.717, 1.165) is 12.0 Å². The summed E-state index contributed by atoms with van der Waals surface area (Å²) < 4.78 is 0. The summed E-state index contributed by atoms with van der Waals surface area (Å²) in [5, 5.41) is 12.5. The number of anilines is 2. The lowest BCUT2D eigenvalue weighted by atomic mass is 10.1. The van der Waals surface area contributed by atoms with Gasteiger partial charge < -0.3 is 16.2 Å². The first-order chi connectivity index (χ1) is 8.78. The van der Waals surface area contributed by atoms with Crippen LogP contribution in [0.5, 0.6) is 0 Å². The summed E-state index contributed by atoms with van der Waals surface area (Å²) in [7, 11) is 0. The summed E-state index contributed by atoms with van der Waals surface area (Å²) in [6.07, 6.45) is 2.31. The fourth-order valence-corrected chi connectivity index (χ4v) is 1.72. The highest BCUT2D eigenvalue weighted by molar-refractivity contribution is 5.38. The highest BCUT2D eigenvalue weighted by Gasteiger charge is 2.09. The molecule has 0 bridgehead atoms. The van der Waals surface area contributed by atoms with Crippen molar-refractivity contribution < 1.29 is 5.11 Å². The number of nitrogens with two attached hydrogens (primary N) is 1. The van der Waals surface area contributed by atoms with Crippen LogP contribution in [-0.2, 0) is 6.42 Å². The number of aliphatic hydroxyl groups excluding tert-OH is 1. The van der Waals surface area contributed by atoms with Crippen LogP contribution in [0.4, 0.5) is 11.8 Å². The predicted molar refractivity (Wildman–Crippen MR) is 71.1 cm³/mol. The summed E-state index contributed by atoms with van der Waals surface area (Å²) in [6.45, 7) is 0.0266. The van der Waals surface area contributed by atoms with Gasteiger partial charge in [-0.2, -0.15) is 4.98 Å². The number of aromatic nitrogens is 2. The Morgan fingerprint density at radius 1 is 1.22 bits per heavy atom. The molecule has 1 unspecified atom stereocenters. The minimum Gasteiger partial charge on any atom is -0.394 e. The van der Waals surface area contributed by atoms with Crippen molar-refractivity contribution in [2.24, 2.45) is 0 Å². The lowest BCUT2D eigenvalue weighted by molar-refractivity contribution is 0.273. The van der Waals surface area contributed by atoms with Crippen molar-refractivity contribution in [2.75, 3.05) is 17.7 Å². The molecule has 0 saturated carbocycles. The number of nitrogen functional groups attached to an aromatic ring is 1. The lowest BCUT2D eigenvalue weighted by Crippen LogP contribution is -2.27. The average molecular weight is 244 g/mol. The van der Waals surface area contributed by atoms with Crippen molar-refractivity contribution in [1.29, 1.82) is 0 Å². The molecule has 0 fully saturated rings. The van der Waals surface area contributed by atoms with Gasteiger partial charge in [0, 0.05) is 6.20 Å². The van der Waals surface area contributed by atoms with Crippen LogP contribution in [0.1, 0.15) is 5.56 Å². The molecular formula is C13H16N4O. The number of hydrogen-bond donors (Lipinski definition) is 3. The third-order valence-corrected chi connectivity index (χ3v) is 2.57. The first-order valence-electron chi connectivity index (χ1n) is 5.78. The lowest BCUT2D eigenvalue weighted by Gasteiger charge is -2.16. The molecular weight excluding hydrogens is 228 g/mol. The van der Waals surface area contributed by atoms with E-state index < -0.39 is 0 Å². The maximum Gasteiger partial charge on any atom is 0.221 e. The normalized spacial score (nSPS) is 12.1. The molecule has 1 aromatic carbocycles. The molecule has 4 N–H and O–H groups in total. The molecule has 2 rings (SSSR count). The van der Waals surface area contributed by atoms with E-state index in [1.807, 2.05) is 30.3 Å². The Balaban J connectivity index is 2.01. The molecule has 1 aromatic heterocycles. The molecule has 94 valence electrons. The fourth-order valence-electron chi connectivity index (χ4n) is 1.72. The van der Waals surface area contributed by atoms with E-state index in [1.54, 1.807) is 12.3 Å². The van der Waals surface area contributed by atoms with Gasteiger partial charge in [-0.3, -0.25) is 0 Å². The van der Waals surface area contributed by atoms with E-state index in [0.29, 0.717) is 5.82 Å². The van der Waals surface area contributed by atoms with Gasteiger partial charge in [0.2, 0.25) is 5.95 Å². The zero-order chi connectivity index (χ0) is 12.8. The largest absolute Gasteiger partial charge is 0.394 e. The number of rotatable bonds is 5. The van der Waals surface area contributed by atoms with Gasteiger partial charge in [0.25, 0.3) is 0 Å². The number of hydrogen-bond acceptors (Lipinski definition) is 5. The summed E-state index contributed by atoms with van der Waals surface area (Å²) >= 11 is 0. The van der Waals surface area contributed by atoms with Crippen LogP contribution in [0.25, 0.3) is 0 Å². The van der Waals surface area contributed by atoms with Crippen LogP contribution in [0.3, 0.4) is 0 Å². The van der Waals surface area contributed by atoms with E-state index in [1.165, 1.54) is 0 Å². The molecule has 0 aliphatic rings. The number of nitrogens with zero attached hydrogens (tertiary/aromatic N) is 2. The maximum atomic E-state index is 9.38. The second-order valence-corrected chi connectivity index (χ2v) is 4.01. The number of nitrogens with one attached hydrogen (secondary N) is 1. The van der Waals surface area contributed by atoms with Gasteiger partial charge in [0.15, 0.2) is 0 Å². The molecule has 0 aliphatic carbocycles. The van der Waals surface area contributed by atoms with E-state index in [9.17, 15) is 5.11 Å². The zero-order valence-corrected chi connectivity index (χ0v) is 9.95. The van der Waals surface area contributed by atoms with E-state index >= 15 is 0 Å². The van der Waals surface area contributed by atoms with Gasteiger partial charge in [0.1, 0.15) is 5.82 Å². The molecule has 1 atom stereocenters. The Morgan fingerprint density at radius 3 is 2.67 bits per heavy atom. The van der Waals surface area contributed by atoms with E-state index in [2.05, 4.69) is 15.3 Å². The molecule has 0 saturated heterocycles. The molecule has 1 heterocycles. The highest BCUT2D eigenvalue weighted by Crippen LogP contribution is 2.09. The minimum atomic E-state index is -0.0956. The Morgan fingerprint density at radius 2 is 2.00 bits per heavy atom. The van der Waals surface area contributed by atoms with Crippen molar-refractivity contribution >= 4 is 11.8 Å². The molecule has 2 aromatic rings. The predicted octanol–water partition coefficient (Wildman–Crippen LogP) is 1.07. The van der Waals surface area contributed by atoms with Gasteiger partial charge in [-0.1, -0.05) is 30.3 Å². The van der Waals surface area contributed by atoms with Gasteiger partial charge >= 0.3 is 0 Å². The summed E-state index contributed by atoms with van der Waals surface area (Å²) in [4.78, 5) is 7.87. The smallest absolute Gasteiger partial charge is 0.221 e. The van der Waals surface area contributed by atoms with Gasteiger partial charge in [-0.05, 0) is 18.1 Å². The van der Waals surface area contributed by atoms with E-state index in [4.69, 9.17) is 5.73 Å². The Kier molecular flexibility index (Phi) is 4.09. The molecule has 5 nitrogen and oxygen atoms in total. The number of benzene rings is 1. The maximum absolute atomic E-state index is 9.38. The summed E-state index contributed by atoms with van der Waals surface area (Å²) in [6, 6.07) is 11.6. The molecule has 18 heavy (non-hydrogen) atoms. The summed E-state index contributed by atoms with van der Waals surface area (Å²) in [5.41, 5.74) is 6.66. The Hall–Kier alpha value is -2.14. The highest BCUT2D eigenvalue weighted by atomic mass is 16.3. The average Bonchev–Trinajstić information content (AvgIpc) is 2.39. The molecule has 0 aliphatic heterocycles. The van der Waals surface area contributed by atoms with Gasteiger partial charge in [-0.25, -0.2) is 4.98 Å². The third kappa shape index (κ3) is 3.43. The second kappa shape index (κ2) is 5.97. The fraction of sp³-hybridized carbons (Fsp3) is 0.231. The van der Waals surface area contributed by atoms with Crippen LogP contribution in [0.2, 0.25) is 0 Å². The number of aliphatic hydroxyl groups is 1. The quantitative estimate of drug-likeness (QED) is 0.732. The molecule has 0 radical (unpaired) electrons. The van der Waals surface area contributed by atoms with Crippen molar-refractivity contribution in [3.8, 4) is 0 Å². The molecule has 0 amide bonds. The standard InChI is InChI=1S/C13H16N4O/c14-13-15-7-6-12(17-13)16-11(9-18)8-10-4-2-1-3-5-10/h1-7,11,18H,8-9H2,(H3,14,15,16,17). The first kappa shape index (κ1) is 12.3. The third-order valence-electron chi connectivity index (χ3n) is 2.57. The van der Waals surface area contributed by atoms with Crippen LogP contribution < -0.4 is 11.1 Å². The van der Waals surface area contributed by atoms with Crippen LogP contribution in [-0.4, -0.2) is 27.7 Å². The Labute approximate surface area is 106 Å². The van der Waals surface area contributed by atoms with E-state index in [-0.39, 0.29) is 18.6 Å². The minimum absolute atomic E-state index is 0.0266.